The van der Waals surface area contributed by atoms with E-state index in [-0.39, 0.29) is 18.2 Å². The van der Waals surface area contributed by atoms with Crippen molar-refractivity contribution < 1.29 is 14.3 Å². The monoisotopic (exact) mass is 298 g/mol. The van der Waals surface area contributed by atoms with E-state index >= 15 is 0 Å². The van der Waals surface area contributed by atoms with Gasteiger partial charge in [-0.25, -0.2) is 4.79 Å². The van der Waals surface area contributed by atoms with Crippen molar-refractivity contribution in [3.8, 4) is 0 Å². The number of nitrogens with one attached hydrogen (secondary N) is 2. The Kier molecular flexibility index (Phi) is 5.47. The van der Waals surface area contributed by atoms with Gasteiger partial charge in [0.25, 0.3) is 5.91 Å². The molecule has 0 radical (unpaired) electrons. The number of aromatic amines is 1. The molecule has 0 bridgehead atoms. The minimum atomic E-state index is -0.579. The molecule has 0 spiro atoms. The third kappa shape index (κ3) is 4.56. The van der Waals surface area contributed by atoms with Crippen LogP contribution in [0.3, 0.4) is 0 Å². The molecule has 1 aliphatic rings. The lowest BCUT2D eigenvalue weighted by Crippen LogP contribution is -2.33. The zero-order chi connectivity index (χ0) is 14.4. The molecule has 1 aromatic rings. The number of hydrogen-bond donors (Lipinski definition) is 2. The van der Waals surface area contributed by atoms with Gasteiger partial charge in [0.2, 0.25) is 0 Å². The second-order valence-corrected chi connectivity index (χ2v) is 5.55. The summed E-state index contributed by atoms with van der Waals surface area (Å²) in [5, 5.41) is 3.24. The van der Waals surface area contributed by atoms with E-state index in [0.29, 0.717) is 17.5 Å². The van der Waals surface area contributed by atoms with Crippen molar-refractivity contribution in [1.29, 1.82) is 0 Å². The maximum atomic E-state index is 11.6. The Morgan fingerprint density at radius 3 is 2.75 bits per heavy atom. The predicted octanol–water partition coefficient (Wildman–Crippen LogP) is 2.52. The summed E-state index contributed by atoms with van der Waals surface area (Å²) in [7, 11) is 0. The molecule has 0 aliphatic heterocycles. The van der Waals surface area contributed by atoms with Crippen LogP contribution in [0.4, 0.5) is 0 Å². The number of halogens is 1. The average molecular weight is 299 g/mol. The summed E-state index contributed by atoms with van der Waals surface area (Å²) in [6.07, 6.45) is 7.59. The van der Waals surface area contributed by atoms with E-state index in [4.69, 9.17) is 16.3 Å². The van der Waals surface area contributed by atoms with Crippen molar-refractivity contribution in [2.45, 2.75) is 32.1 Å². The Balaban J connectivity index is 1.65. The highest BCUT2D eigenvalue weighted by Crippen LogP contribution is 2.22. The van der Waals surface area contributed by atoms with Crippen LogP contribution in [0.5, 0.6) is 0 Å². The fourth-order valence-electron chi connectivity index (χ4n) is 2.40. The predicted molar refractivity (Wildman–Crippen MR) is 75.7 cm³/mol. The molecule has 2 N–H and O–H groups in total. The molecule has 1 fully saturated rings. The Bertz CT molecular complexity index is 467. The Hall–Kier alpha value is -1.49. The van der Waals surface area contributed by atoms with Gasteiger partial charge in [0.15, 0.2) is 6.61 Å². The van der Waals surface area contributed by atoms with Gasteiger partial charge in [0.05, 0.1) is 5.02 Å². The minimum Gasteiger partial charge on any atom is -0.451 e. The number of ether oxygens (including phenoxy) is 1. The van der Waals surface area contributed by atoms with Crippen LogP contribution in [-0.2, 0) is 9.53 Å². The van der Waals surface area contributed by atoms with Gasteiger partial charge in [-0.05, 0) is 24.8 Å². The summed E-state index contributed by atoms with van der Waals surface area (Å²) in [6, 6.07) is 1.46. The summed E-state index contributed by atoms with van der Waals surface area (Å²) in [4.78, 5) is 25.9. The molecular formula is C14H19ClN2O3. The largest absolute Gasteiger partial charge is 0.451 e. The van der Waals surface area contributed by atoms with Crippen LogP contribution in [-0.4, -0.2) is 30.0 Å². The molecule has 1 amide bonds. The maximum absolute atomic E-state index is 11.6. The number of carbonyl (C=O) groups excluding carboxylic acids is 2. The Morgan fingerprint density at radius 2 is 2.10 bits per heavy atom. The Morgan fingerprint density at radius 1 is 1.35 bits per heavy atom. The molecule has 1 aromatic heterocycles. The first-order valence-corrected chi connectivity index (χ1v) is 7.30. The van der Waals surface area contributed by atoms with Crippen molar-refractivity contribution in [2.24, 2.45) is 5.92 Å². The van der Waals surface area contributed by atoms with Crippen LogP contribution in [0.15, 0.2) is 12.3 Å². The lowest BCUT2D eigenvalue weighted by molar-refractivity contribution is -0.124. The van der Waals surface area contributed by atoms with Crippen molar-refractivity contribution in [3.05, 3.63) is 23.0 Å². The van der Waals surface area contributed by atoms with Gasteiger partial charge in [-0.15, -0.1) is 0 Å². The van der Waals surface area contributed by atoms with Crippen LogP contribution in [0.1, 0.15) is 42.6 Å². The molecule has 1 aliphatic carbocycles. The van der Waals surface area contributed by atoms with E-state index in [0.717, 1.165) is 0 Å². The molecule has 20 heavy (non-hydrogen) atoms. The van der Waals surface area contributed by atoms with Gasteiger partial charge < -0.3 is 15.0 Å². The second-order valence-electron chi connectivity index (χ2n) is 5.12. The van der Waals surface area contributed by atoms with Gasteiger partial charge in [-0.1, -0.05) is 30.9 Å². The number of carbonyl (C=O) groups is 2. The van der Waals surface area contributed by atoms with Crippen molar-refractivity contribution in [1.82, 2.24) is 10.3 Å². The summed E-state index contributed by atoms with van der Waals surface area (Å²) < 4.78 is 4.90. The first kappa shape index (κ1) is 14.9. The van der Waals surface area contributed by atoms with Crippen LogP contribution >= 0.6 is 11.6 Å². The topological polar surface area (TPSA) is 71.2 Å². The fraction of sp³-hybridized carbons (Fsp3) is 0.571. The van der Waals surface area contributed by atoms with Crippen LogP contribution in [0.2, 0.25) is 5.02 Å². The highest BCUT2D eigenvalue weighted by Gasteiger charge is 2.15. The second kappa shape index (κ2) is 7.33. The van der Waals surface area contributed by atoms with E-state index in [1.807, 2.05) is 0 Å². The third-order valence-corrected chi connectivity index (χ3v) is 3.73. The number of aromatic nitrogens is 1. The van der Waals surface area contributed by atoms with Crippen LogP contribution in [0, 0.1) is 5.92 Å². The SMILES string of the molecule is O=C(COC(=O)c1cc(Cl)c[nH]1)NCC1CCCCC1. The third-order valence-electron chi connectivity index (χ3n) is 3.51. The molecule has 0 unspecified atom stereocenters. The standard InChI is InChI=1S/C14H19ClN2O3/c15-11-6-12(16-8-11)14(19)20-9-13(18)17-7-10-4-2-1-3-5-10/h6,8,10,16H,1-5,7,9H2,(H,17,18). The zero-order valence-electron chi connectivity index (χ0n) is 11.3. The molecule has 0 atom stereocenters. The Labute approximate surface area is 123 Å². The summed E-state index contributed by atoms with van der Waals surface area (Å²) in [6.45, 7) is 0.410. The minimum absolute atomic E-state index is 0.245. The van der Waals surface area contributed by atoms with E-state index in [1.165, 1.54) is 44.4 Å². The molecule has 5 nitrogen and oxygen atoms in total. The quantitative estimate of drug-likeness (QED) is 0.821. The molecular weight excluding hydrogens is 280 g/mol. The lowest BCUT2D eigenvalue weighted by atomic mass is 9.89. The highest BCUT2D eigenvalue weighted by molar-refractivity contribution is 6.30. The summed E-state index contributed by atoms with van der Waals surface area (Å²) >= 11 is 5.68. The number of H-pyrrole nitrogens is 1. The first-order valence-electron chi connectivity index (χ1n) is 6.93. The van der Waals surface area contributed by atoms with E-state index in [2.05, 4.69) is 10.3 Å². The average Bonchev–Trinajstić information content (AvgIpc) is 2.90. The molecule has 110 valence electrons. The molecule has 0 aromatic carbocycles. The van der Waals surface area contributed by atoms with Gasteiger partial charge in [0, 0.05) is 12.7 Å². The fourth-order valence-corrected chi connectivity index (χ4v) is 2.56. The summed E-state index contributed by atoms with van der Waals surface area (Å²) in [5.74, 6) is -0.281. The number of esters is 1. The van der Waals surface area contributed by atoms with Crippen LogP contribution < -0.4 is 5.32 Å². The van der Waals surface area contributed by atoms with Gasteiger partial charge >= 0.3 is 5.97 Å². The lowest BCUT2D eigenvalue weighted by Gasteiger charge is -2.21. The van der Waals surface area contributed by atoms with E-state index in [9.17, 15) is 9.59 Å². The van der Waals surface area contributed by atoms with E-state index in [1.54, 1.807) is 0 Å². The maximum Gasteiger partial charge on any atom is 0.355 e. The molecule has 2 rings (SSSR count). The smallest absolute Gasteiger partial charge is 0.355 e. The number of amides is 1. The number of hydrogen-bond acceptors (Lipinski definition) is 3. The molecule has 1 saturated carbocycles. The van der Waals surface area contributed by atoms with Gasteiger partial charge in [-0.3, -0.25) is 4.79 Å². The van der Waals surface area contributed by atoms with Gasteiger partial charge in [0.1, 0.15) is 5.69 Å². The zero-order valence-corrected chi connectivity index (χ0v) is 12.0. The van der Waals surface area contributed by atoms with Gasteiger partial charge in [-0.2, -0.15) is 0 Å². The highest BCUT2D eigenvalue weighted by atomic mass is 35.5. The molecule has 6 heteroatoms. The van der Waals surface area contributed by atoms with E-state index < -0.39 is 5.97 Å². The first-order chi connectivity index (χ1) is 9.65. The van der Waals surface area contributed by atoms with Crippen LogP contribution in [0.25, 0.3) is 0 Å². The number of rotatable bonds is 5. The van der Waals surface area contributed by atoms with Crippen molar-refractivity contribution in [2.75, 3.05) is 13.2 Å². The normalized spacial score (nSPS) is 15.8. The van der Waals surface area contributed by atoms with Crippen molar-refractivity contribution >= 4 is 23.5 Å². The summed E-state index contributed by atoms with van der Waals surface area (Å²) in [5.41, 5.74) is 0.245. The van der Waals surface area contributed by atoms with Crippen molar-refractivity contribution in [3.63, 3.8) is 0 Å². The molecule has 0 saturated heterocycles. The molecule has 1 heterocycles.